The van der Waals surface area contributed by atoms with Crippen molar-refractivity contribution in [3.8, 4) is 0 Å². The minimum atomic E-state index is -0.337. The van der Waals surface area contributed by atoms with Gasteiger partial charge < -0.3 is 21.1 Å². The van der Waals surface area contributed by atoms with E-state index in [1.165, 1.54) is 0 Å². The normalized spacial score (nSPS) is 18.2. The van der Waals surface area contributed by atoms with Gasteiger partial charge in [0.2, 0.25) is 0 Å². The topological polar surface area (TPSA) is 105 Å². The van der Waals surface area contributed by atoms with E-state index in [0.29, 0.717) is 18.8 Å². The van der Waals surface area contributed by atoms with Crippen molar-refractivity contribution in [3.05, 3.63) is 12.2 Å². The van der Waals surface area contributed by atoms with Gasteiger partial charge in [0.25, 0.3) is 0 Å². The predicted molar refractivity (Wildman–Crippen MR) is 44.1 cm³/mol. The monoisotopic (exact) mass is 177 g/mol. The molecule has 0 radical (unpaired) electrons. The average molecular weight is 177 g/mol. The van der Waals surface area contributed by atoms with Crippen molar-refractivity contribution in [2.24, 2.45) is 0 Å². The van der Waals surface area contributed by atoms with Crippen LogP contribution in [0.1, 0.15) is 6.92 Å². The third kappa shape index (κ3) is 4.84. The van der Waals surface area contributed by atoms with Gasteiger partial charge in [0.1, 0.15) is 12.7 Å². The number of rotatable bonds is 3. The minimum absolute atomic E-state index is 0. The van der Waals surface area contributed by atoms with E-state index in [1.807, 2.05) is 0 Å². The second-order valence-electron chi connectivity index (χ2n) is 2.33. The minimum Gasteiger partial charge on any atom is -0.459 e. The SMILES string of the molecule is C=C(C)C(=O)OCC1CO1.N.O. The van der Waals surface area contributed by atoms with Crippen LogP contribution >= 0.6 is 0 Å². The summed E-state index contributed by atoms with van der Waals surface area (Å²) in [4.78, 5) is 10.7. The molecule has 72 valence electrons. The zero-order valence-electron chi connectivity index (χ0n) is 7.13. The van der Waals surface area contributed by atoms with Gasteiger partial charge in [-0.2, -0.15) is 0 Å². The molecular weight excluding hydrogens is 162 g/mol. The van der Waals surface area contributed by atoms with E-state index in [-0.39, 0.29) is 23.7 Å². The molecule has 5 N–H and O–H groups in total. The lowest BCUT2D eigenvalue weighted by Crippen LogP contribution is -2.09. The maximum Gasteiger partial charge on any atom is 0.333 e. The highest BCUT2D eigenvalue weighted by atomic mass is 16.6. The van der Waals surface area contributed by atoms with E-state index in [4.69, 9.17) is 9.47 Å². The number of carbonyl (C=O) groups excluding carboxylic acids is 1. The smallest absolute Gasteiger partial charge is 0.333 e. The van der Waals surface area contributed by atoms with E-state index in [0.717, 1.165) is 0 Å². The summed E-state index contributed by atoms with van der Waals surface area (Å²) in [6, 6.07) is 0. The number of epoxide rings is 1. The largest absolute Gasteiger partial charge is 0.459 e. The molecule has 0 aliphatic carbocycles. The van der Waals surface area contributed by atoms with Crippen LogP contribution in [0.25, 0.3) is 0 Å². The van der Waals surface area contributed by atoms with Gasteiger partial charge in [-0.25, -0.2) is 4.79 Å². The third-order valence-corrected chi connectivity index (χ3v) is 1.15. The Morgan fingerprint density at radius 1 is 1.75 bits per heavy atom. The van der Waals surface area contributed by atoms with Crippen molar-refractivity contribution in [1.82, 2.24) is 6.15 Å². The van der Waals surface area contributed by atoms with Gasteiger partial charge in [-0.15, -0.1) is 0 Å². The summed E-state index contributed by atoms with van der Waals surface area (Å²) in [5, 5.41) is 0. The molecule has 1 fully saturated rings. The highest BCUT2D eigenvalue weighted by Gasteiger charge is 2.24. The first-order chi connectivity index (χ1) is 4.70. The van der Waals surface area contributed by atoms with Crippen LogP contribution < -0.4 is 6.15 Å². The first kappa shape index (κ1) is 13.7. The van der Waals surface area contributed by atoms with Gasteiger partial charge in [0.05, 0.1) is 6.61 Å². The lowest BCUT2D eigenvalue weighted by Gasteiger charge is -1.99. The Balaban J connectivity index is 0. The van der Waals surface area contributed by atoms with Crippen LogP contribution in [0.3, 0.4) is 0 Å². The number of carbonyl (C=O) groups is 1. The molecule has 1 saturated heterocycles. The van der Waals surface area contributed by atoms with Gasteiger partial charge in [0, 0.05) is 5.57 Å². The van der Waals surface area contributed by atoms with Crippen LogP contribution in [-0.4, -0.2) is 30.8 Å². The van der Waals surface area contributed by atoms with Crippen molar-refractivity contribution in [3.63, 3.8) is 0 Å². The summed E-state index contributed by atoms with van der Waals surface area (Å²) in [5.41, 5.74) is 0.431. The van der Waals surface area contributed by atoms with Gasteiger partial charge in [-0.05, 0) is 6.92 Å². The Hall–Kier alpha value is -0.910. The molecule has 5 nitrogen and oxygen atoms in total. The first-order valence-corrected chi connectivity index (χ1v) is 3.14. The van der Waals surface area contributed by atoms with Crippen LogP contribution in [-0.2, 0) is 14.3 Å². The van der Waals surface area contributed by atoms with Crippen molar-refractivity contribution >= 4 is 5.97 Å². The molecule has 1 aliphatic heterocycles. The number of hydrogen-bond acceptors (Lipinski definition) is 4. The molecule has 5 heteroatoms. The molecule has 0 saturated carbocycles. The highest BCUT2D eigenvalue weighted by molar-refractivity contribution is 5.86. The molecular formula is C7H15NO4. The number of hydrogen-bond donors (Lipinski definition) is 1. The number of ether oxygens (including phenoxy) is 2. The van der Waals surface area contributed by atoms with Crippen molar-refractivity contribution < 1.29 is 19.7 Å². The van der Waals surface area contributed by atoms with E-state index in [9.17, 15) is 4.79 Å². The van der Waals surface area contributed by atoms with Crippen molar-refractivity contribution in [2.45, 2.75) is 13.0 Å². The van der Waals surface area contributed by atoms with Crippen LogP contribution in [0, 0.1) is 0 Å². The lowest BCUT2D eigenvalue weighted by atomic mass is 10.4. The van der Waals surface area contributed by atoms with Gasteiger partial charge >= 0.3 is 5.97 Å². The molecule has 0 amide bonds. The molecule has 1 unspecified atom stereocenters. The quantitative estimate of drug-likeness (QED) is 0.367. The van der Waals surface area contributed by atoms with E-state index in [1.54, 1.807) is 6.92 Å². The van der Waals surface area contributed by atoms with Gasteiger partial charge in [-0.1, -0.05) is 6.58 Å². The Bertz CT molecular complexity index is 165. The van der Waals surface area contributed by atoms with Gasteiger partial charge in [-0.3, -0.25) is 0 Å². The maximum absolute atomic E-state index is 10.7. The average Bonchev–Trinajstić information content (AvgIpc) is 2.64. The van der Waals surface area contributed by atoms with Crippen LogP contribution in [0.5, 0.6) is 0 Å². The van der Waals surface area contributed by atoms with Crippen LogP contribution in [0.4, 0.5) is 0 Å². The Morgan fingerprint density at radius 3 is 2.58 bits per heavy atom. The Labute approximate surface area is 71.2 Å². The standard InChI is InChI=1S/C7H10O3.H3N.H2O/c1-5(2)7(8)10-4-6-3-9-6;;/h6H,1,3-4H2,2H3;1H3;1H2. The van der Waals surface area contributed by atoms with E-state index < -0.39 is 0 Å². The zero-order chi connectivity index (χ0) is 7.56. The molecule has 0 spiro atoms. The summed E-state index contributed by atoms with van der Waals surface area (Å²) in [7, 11) is 0. The molecule has 0 aromatic heterocycles. The fraction of sp³-hybridized carbons (Fsp3) is 0.571. The Morgan fingerprint density at radius 2 is 2.25 bits per heavy atom. The maximum atomic E-state index is 10.7. The second-order valence-corrected chi connectivity index (χ2v) is 2.33. The van der Waals surface area contributed by atoms with E-state index in [2.05, 4.69) is 6.58 Å². The fourth-order valence-corrected chi connectivity index (χ4v) is 0.456. The summed E-state index contributed by atoms with van der Waals surface area (Å²) in [5.74, 6) is -0.337. The van der Waals surface area contributed by atoms with Crippen molar-refractivity contribution in [2.75, 3.05) is 13.2 Å². The fourth-order valence-electron chi connectivity index (χ4n) is 0.456. The summed E-state index contributed by atoms with van der Waals surface area (Å²) in [6.45, 7) is 6.14. The van der Waals surface area contributed by atoms with E-state index >= 15 is 0 Å². The third-order valence-electron chi connectivity index (χ3n) is 1.15. The lowest BCUT2D eigenvalue weighted by molar-refractivity contribution is -0.139. The summed E-state index contributed by atoms with van der Waals surface area (Å²) >= 11 is 0. The molecule has 0 aromatic carbocycles. The molecule has 1 atom stereocenters. The summed E-state index contributed by atoms with van der Waals surface area (Å²) in [6.07, 6.45) is 0.142. The molecule has 1 rings (SSSR count). The van der Waals surface area contributed by atoms with Crippen molar-refractivity contribution in [1.29, 1.82) is 0 Å². The number of esters is 1. The summed E-state index contributed by atoms with van der Waals surface area (Å²) < 4.78 is 9.60. The first-order valence-electron chi connectivity index (χ1n) is 3.14. The molecule has 12 heavy (non-hydrogen) atoms. The highest BCUT2D eigenvalue weighted by Crippen LogP contribution is 2.09. The molecule has 0 bridgehead atoms. The van der Waals surface area contributed by atoms with Crippen LogP contribution in [0.2, 0.25) is 0 Å². The molecule has 1 heterocycles. The molecule has 0 aromatic rings. The Kier molecular flexibility index (Phi) is 6.49. The zero-order valence-corrected chi connectivity index (χ0v) is 7.13. The second kappa shape index (κ2) is 5.70. The molecule has 1 aliphatic rings. The predicted octanol–water partition coefficient (Wildman–Crippen LogP) is -0.158. The van der Waals surface area contributed by atoms with Crippen LogP contribution in [0.15, 0.2) is 12.2 Å². The van der Waals surface area contributed by atoms with Gasteiger partial charge in [0.15, 0.2) is 0 Å².